The highest BCUT2D eigenvalue weighted by Gasteiger charge is 2.19. The third-order valence-corrected chi connectivity index (χ3v) is 5.16. The lowest BCUT2D eigenvalue weighted by atomic mass is 10.1. The number of amides is 1. The van der Waals surface area contributed by atoms with Crippen LogP contribution < -0.4 is 15.7 Å². The zero-order chi connectivity index (χ0) is 18.8. The quantitative estimate of drug-likeness (QED) is 0.706. The van der Waals surface area contributed by atoms with Crippen molar-refractivity contribution in [3.8, 4) is 11.8 Å². The number of thiophene rings is 1. The van der Waals surface area contributed by atoms with Crippen molar-refractivity contribution in [2.24, 2.45) is 0 Å². The van der Waals surface area contributed by atoms with Crippen molar-refractivity contribution in [1.29, 1.82) is 5.26 Å². The van der Waals surface area contributed by atoms with E-state index in [2.05, 4.69) is 11.4 Å². The van der Waals surface area contributed by atoms with Gasteiger partial charge < -0.3 is 14.5 Å². The normalized spacial score (nSPS) is 10.5. The fraction of sp³-hybridized carbons (Fsp3) is 0.211. The monoisotopic (exact) mass is 368 g/mol. The van der Waals surface area contributed by atoms with Crippen molar-refractivity contribution >= 4 is 33.2 Å². The maximum atomic E-state index is 12.8. The molecule has 0 fully saturated rings. The number of fused-ring (bicyclic) bond motifs is 1. The van der Waals surface area contributed by atoms with Gasteiger partial charge in [-0.15, -0.1) is 11.3 Å². The highest BCUT2D eigenvalue weighted by Crippen LogP contribution is 2.33. The molecule has 0 aliphatic heterocycles. The number of rotatable bonds is 4. The van der Waals surface area contributed by atoms with Crippen LogP contribution in [0.15, 0.2) is 33.5 Å². The van der Waals surface area contributed by atoms with E-state index in [0.717, 1.165) is 16.5 Å². The van der Waals surface area contributed by atoms with Gasteiger partial charge in [-0.05, 0) is 31.0 Å². The van der Waals surface area contributed by atoms with Crippen LogP contribution >= 0.6 is 11.3 Å². The molecule has 132 valence electrons. The molecule has 0 unspecified atom stereocenters. The predicted molar refractivity (Wildman–Crippen MR) is 100 cm³/mol. The van der Waals surface area contributed by atoms with E-state index < -0.39 is 11.5 Å². The first-order valence-electron chi connectivity index (χ1n) is 7.94. The van der Waals surface area contributed by atoms with Crippen LogP contribution in [-0.4, -0.2) is 13.0 Å². The molecule has 0 radical (unpaired) electrons. The molecule has 1 aromatic carbocycles. The van der Waals surface area contributed by atoms with Gasteiger partial charge in [0, 0.05) is 22.4 Å². The number of hydrogen-bond acceptors (Lipinski definition) is 6. The maximum absolute atomic E-state index is 12.8. The summed E-state index contributed by atoms with van der Waals surface area (Å²) in [5.74, 6) is 0.0555. The topological polar surface area (TPSA) is 92.3 Å². The number of nitrogens with zero attached hydrogens (tertiary/aromatic N) is 1. The Labute approximate surface area is 153 Å². The summed E-state index contributed by atoms with van der Waals surface area (Å²) in [5.41, 5.74) is 1.21. The maximum Gasteiger partial charge on any atom is 0.337 e. The third kappa shape index (κ3) is 3.07. The third-order valence-electron chi connectivity index (χ3n) is 4.10. The number of aryl methyl sites for hydroxylation is 1. The smallest absolute Gasteiger partial charge is 0.337 e. The Balaban J connectivity index is 2.07. The Bertz CT molecular complexity index is 1110. The molecular weight excluding hydrogens is 352 g/mol. The minimum atomic E-state index is -0.631. The average Bonchev–Trinajstić information content (AvgIpc) is 2.94. The van der Waals surface area contributed by atoms with Crippen molar-refractivity contribution in [3.05, 3.63) is 56.3 Å². The van der Waals surface area contributed by atoms with Gasteiger partial charge in [-0.25, -0.2) is 4.79 Å². The molecule has 7 heteroatoms. The van der Waals surface area contributed by atoms with E-state index in [1.165, 1.54) is 18.4 Å². The molecule has 1 amide bonds. The second-order valence-electron chi connectivity index (χ2n) is 5.60. The number of carbonyl (C=O) groups excluding carboxylic acids is 1. The number of ether oxygens (including phenoxy) is 1. The number of nitriles is 1. The Kier molecular flexibility index (Phi) is 4.78. The van der Waals surface area contributed by atoms with E-state index in [-0.39, 0.29) is 11.1 Å². The van der Waals surface area contributed by atoms with Gasteiger partial charge in [0.2, 0.25) is 0 Å². The van der Waals surface area contributed by atoms with E-state index in [0.29, 0.717) is 28.1 Å². The summed E-state index contributed by atoms with van der Waals surface area (Å²) in [4.78, 5) is 25.6. The minimum Gasteiger partial charge on any atom is -0.497 e. The lowest BCUT2D eigenvalue weighted by molar-refractivity contribution is 0.102. The molecule has 0 saturated heterocycles. The number of methoxy groups -OCH3 is 1. The molecule has 0 spiro atoms. The summed E-state index contributed by atoms with van der Waals surface area (Å²) in [7, 11) is 1.50. The first kappa shape index (κ1) is 17.7. The standard InChI is InChI=1S/C19H16N2O4S/c1-4-12-10(2)26-19(15(12)9-20)21-18(23)14-8-17(22)25-16-7-11(24-3)5-6-13(14)16/h5-8H,4H2,1-3H3,(H,21,23). The Morgan fingerprint density at radius 3 is 2.81 bits per heavy atom. The van der Waals surface area contributed by atoms with Gasteiger partial charge >= 0.3 is 5.63 Å². The average molecular weight is 368 g/mol. The van der Waals surface area contributed by atoms with Crippen molar-refractivity contribution < 1.29 is 13.9 Å². The molecule has 0 aliphatic rings. The first-order chi connectivity index (χ1) is 12.5. The molecule has 6 nitrogen and oxygen atoms in total. The van der Waals surface area contributed by atoms with Gasteiger partial charge in [-0.3, -0.25) is 4.79 Å². The summed E-state index contributed by atoms with van der Waals surface area (Å²) in [6.07, 6.45) is 0.707. The fourth-order valence-corrected chi connectivity index (χ4v) is 3.93. The van der Waals surface area contributed by atoms with Gasteiger partial charge in [-0.2, -0.15) is 5.26 Å². The molecule has 2 heterocycles. The van der Waals surface area contributed by atoms with E-state index in [1.807, 2.05) is 13.8 Å². The molecule has 0 bridgehead atoms. The van der Waals surface area contributed by atoms with Crippen LogP contribution in [0.2, 0.25) is 0 Å². The highest BCUT2D eigenvalue weighted by molar-refractivity contribution is 7.16. The van der Waals surface area contributed by atoms with Crippen molar-refractivity contribution in [3.63, 3.8) is 0 Å². The van der Waals surface area contributed by atoms with Crippen LogP contribution in [0, 0.1) is 18.3 Å². The van der Waals surface area contributed by atoms with Crippen molar-refractivity contribution in [2.75, 3.05) is 12.4 Å². The van der Waals surface area contributed by atoms with Gasteiger partial charge in [0.05, 0.1) is 18.2 Å². The lowest BCUT2D eigenvalue weighted by Crippen LogP contribution is -2.15. The zero-order valence-corrected chi connectivity index (χ0v) is 15.3. The first-order valence-corrected chi connectivity index (χ1v) is 8.75. The summed E-state index contributed by atoms with van der Waals surface area (Å²) in [6, 6.07) is 8.21. The number of carbonyl (C=O) groups is 1. The molecule has 0 aliphatic carbocycles. The molecule has 26 heavy (non-hydrogen) atoms. The zero-order valence-electron chi connectivity index (χ0n) is 14.5. The second kappa shape index (κ2) is 7.02. The number of nitrogens with one attached hydrogen (secondary N) is 1. The van der Waals surface area contributed by atoms with Gasteiger partial charge in [-0.1, -0.05) is 6.92 Å². The molecule has 3 rings (SSSR count). The second-order valence-corrected chi connectivity index (χ2v) is 6.83. The fourth-order valence-electron chi connectivity index (χ4n) is 2.84. The lowest BCUT2D eigenvalue weighted by Gasteiger charge is -2.07. The van der Waals surface area contributed by atoms with Crippen LogP contribution in [0.1, 0.15) is 33.3 Å². The van der Waals surface area contributed by atoms with Crippen LogP contribution in [0.3, 0.4) is 0 Å². The van der Waals surface area contributed by atoms with Crippen molar-refractivity contribution in [2.45, 2.75) is 20.3 Å². The minimum absolute atomic E-state index is 0.187. The van der Waals surface area contributed by atoms with Crippen LogP contribution in [-0.2, 0) is 6.42 Å². The SMILES string of the molecule is CCc1c(C)sc(NC(=O)c2cc(=O)oc3cc(OC)ccc23)c1C#N. The molecular formula is C19H16N2O4S. The van der Waals surface area contributed by atoms with Crippen molar-refractivity contribution in [1.82, 2.24) is 0 Å². The molecule has 1 N–H and O–H groups in total. The van der Waals surface area contributed by atoms with Gasteiger partial charge in [0.1, 0.15) is 22.4 Å². The molecule has 0 saturated carbocycles. The highest BCUT2D eigenvalue weighted by atomic mass is 32.1. The Morgan fingerprint density at radius 2 is 2.15 bits per heavy atom. The van der Waals surface area contributed by atoms with E-state index in [1.54, 1.807) is 18.2 Å². The Hall–Kier alpha value is -3.11. The molecule has 0 atom stereocenters. The van der Waals surface area contributed by atoms with Crippen LogP contribution in [0.25, 0.3) is 11.0 Å². The predicted octanol–water partition coefficient (Wildman–Crippen LogP) is 3.86. The van der Waals surface area contributed by atoms with E-state index in [9.17, 15) is 14.9 Å². The Morgan fingerprint density at radius 1 is 1.38 bits per heavy atom. The van der Waals surface area contributed by atoms with Crippen LogP contribution in [0.4, 0.5) is 5.00 Å². The van der Waals surface area contributed by atoms with E-state index in [4.69, 9.17) is 9.15 Å². The van der Waals surface area contributed by atoms with Gasteiger partial charge in [0.25, 0.3) is 5.91 Å². The summed E-state index contributed by atoms with van der Waals surface area (Å²) >= 11 is 1.35. The molecule has 3 aromatic rings. The summed E-state index contributed by atoms with van der Waals surface area (Å²) in [5, 5.41) is 13.2. The summed E-state index contributed by atoms with van der Waals surface area (Å²) < 4.78 is 10.3. The number of hydrogen-bond donors (Lipinski definition) is 1. The summed E-state index contributed by atoms with van der Waals surface area (Å²) in [6.45, 7) is 3.88. The van der Waals surface area contributed by atoms with E-state index >= 15 is 0 Å². The largest absolute Gasteiger partial charge is 0.497 e. The van der Waals surface area contributed by atoms with Gasteiger partial charge in [0.15, 0.2) is 0 Å². The molecule has 2 aromatic heterocycles. The number of benzene rings is 1. The van der Waals surface area contributed by atoms with Crippen LogP contribution in [0.5, 0.6) is 5.75 Å². The number of anilines is 1.